The van der Waals surface area contributed by atoms with Crippen molar-refractivity contribution < 1.29 is 24.2 Å². The highest BCUT2D eigenvalue weighted by molar-refractivity contribution is 5.93. The van der Waals surface area contributed by atoms with Crippen molar-refractivity contribution in [1.29, 1.82) is 0 Å². The zero-order chi connectivity index (χ0) is 28.0. The first-order valence-corrected chi connectivity index (χ1v) is 14.1. The molecular weight excluding hydrogens is 494 g/mol. The number of hydrogen-bond donors (Lipinski definition) is 3. The van der Waals surface area contributed by atoms with Crippen LogP contribution in [0.3, 0.4) is 0 Å². The highest BCUT2D eigenvalue weighted by Crippen LogP contribution is 2.38. The molecule has 2 fully saturated rings. The predicted molar refractivity (Wildman–Crippen MR) is 149 cm³/mol. The van der Waals surface area contributed by atoms with Crippen molar-refractivity contribution in [1.82, 2.24) is 15.5 Å². The van der Waals surface area contributed by atoms with E-state index in [1.807, 2.05) is 30.3 Å². The summed E-state index contributed by atoms with van der Waals surface area (Å²) >= 11 is 0. The Kier molecular flexibility index (Phi) is 9.15. The van der Waals surface area contributed by atoms with Crippen LogP contribution in [-0.2, 0) is 20.7 Å². The number of phenolic OH excluding ortho intramolecular Hbond substituents is 1. The number of aromatic hydroxyl groups is 1. The van der Waals surface area contributed by atoms with Crippen LogP contribution in [0.25, 0.3) is 0 Å². The van der Waals surface area contributed by atoms with Crippen LogP contribution in [0.15, 0.2) is 54.6 Å². The summed E-state index contributed by atoms with van der Waals surface area (Å²) in [5.41, 5.74) is 0.508. The zero-order valence-corrected chi connectivity index (χ0v) is 23.2. The van der Waals surface area contributed by atoms with E-state index in [1.54, 1.807) is 43.9 Å². The Morgan fingerprint density at radius 2 is 1.59 bits per heavy atom. The molecule has 2 aromatic rings. The Labute approximate surface area is 231 Å². The number of carbonyl (C=O) groups excluding carboxylic acids is 3. The number of nitrogens with zero attached hydrogens (tertiary/aromatic N) is 1. The molecule has 2 aliphatic rings. The minimum atomic E-state index is -1.02. The number of rotatable bonds is 9. The van der Waals surface area contributed by atoms with Crippen molar-refractivity contribution in [3.63, 3.8) is 0 Å². The summed E-state index contributed by atoms with van der Waals surface area (Å²) in [5, 5.41) is 16.8. The number of alkyl carbamates (subject to hydrolysis) is 1. The van der Waals surface area contributed by atoms with E-state index in [9.17, 15) is 19.5 Å². The van der Waals surface area contributed by atoms with Crippen LogP contribution in [0.5, 0.6) is 5.75 Å². The van der Waals surface area contributed by atoms with Crippen molar-refractivity contribution in [3.8, 4) is 5.75 Å². The van der Waals surface area contributed by atoms with Gasteiger partial charge in [0.2, 0.25) is 11.8 Å². The highest BCUT2D eigenvalue weighted by Gasteiger charge is 2.45. The van der Waals surface area contributed by atoms with Crippen LogP contribution in [0.2, 0.25) is 0 Å². The molecule has 2 saturated carbocycles. The van der Waals surface area contributed by atoms with Gasteiger partial charge in [-0.3, -0.25) is 9.59 Å². The van der Waals surface area contributed by atoms with E-state index in [2.05, 4.69) is 10.6 Å². The van der Waals surface area contributed by atoms with Crippen LogP contribution in [0.1, 0.15) is 82.9 Å². The van der Waals surface area contributed by atoms with Gasteiger partial charge in [-0.1, -0.05) is 67.8 Å². The second kappa shape index (κ2) is 12.5. The summed E-state index contributed by atoms with van der Waals surface area (Å²) in [6.45, 7) is 5.29. The van der Waals surface area contributed by atoms with Gasteiger partial charge in [-0.05, 0) is 58.1 Å². The van der Waals surface area contributed by atoms with Gasteiger partial charge >= 0.3 is 6.09 Å². The molecule has 210 valence electrons. The molecule has 2 atom stereocenters. The van der Waals surface area contributed by atoms with E-state index in [0.29, 0.717) is 5.56 Å². The number of para-hydroxylation sites is 1. The van der Waals surface area contributed by atoms with Gasteiger partial charge in [-0.2, -0.15) is 0 Å². The third kappa shape index (κ3) is 7.97. The third-order valence-electron chi connectivity index (χ3n) is 7.18. The fraction of sp³-hybridized carbons (Fsp3) is 0.516. The second-order valence-corrected chi connectivity index (χ2v) is 11.7. The molecule has 0 spiro atoms. The number of hydrogen-bond acceptors (Lipinski definition) is 5. The van der Waals surface area contributed by atoms with E-state index >= 15 is 0 Å². The molecule has 0 aromatic heterocycles. The lowest BCUT2D eigenvalue weighted by Gasteiger charge is -2.36. The second-order valence-electron chi connectivity index (χ2n) is 11.7. The van der Waals surface area contributed by atoms with Crippen molar-refractivity contribution in [2.75, 3.05) is 0 Å². The zero-order valence-electron chi connectivity index (χ0n) is 23.2. The fourth-order valence-corrected chi connectivity index (χ4v) is 5.21. The first-order valence-electron chi connectivity index (χ1n) is 14.1. The summed E-state index contributed by atoms with van der Waals surface area (Å²) < 4.78 is 5.48. The van der Waals surface area contributed by atoms with Crippen molar-refractivity contribution >= 4 is 17.9 Å². The first-order chi connectivity index (χ1) is 18.6. The van der Waals surface area contributed by atoms with E-state index in [1.165, 1.54) is 6.07 Å². The standard InChI is InChI=1S/C31H41N3O5/c1-31(2,3)39-30(38)33-25(20-21-12-6-4-7-13-21)29(37)34(23-18-19-23)27(24-16-10-11-17-26(24)35)28(36)32-22-14-8-5-9-15-22/h4,6-7,10-13,16-17,22-23,25,27,35H,5,8-9,14-15,18-20H2,1-3H3,(H,32,36)(H,33,38). The maximum absolute atomic E-state index is 14.3. The van der Waals surface area contributed by atoms with Gasteiger partial charge in [0.15, 0.2) is 0 Å². The maximum atomic E-state index is 14.3. The number of carbonyl (C=O) groups is 3. The van der Waals surface area contributed by atoms with Gasteiger partial charge in [-0.15, -0.1) is 0 Å². The van der Waals surface area contributed by atoms with Gasteiger partial charge < -0.3 is 25.4 Å². The van der Waals surface area contributed by atoms with Gasteiger partial charge in [0.1, 0.15) is 23.4 Å². The Morgan fingerprint density at radius 1 is 0.949 bits per heavy atom. The molecule has 2 aromatic carbocycles. The number of benzene rings is 2. The summed E-state index contributed by atoms with van der Waals surface area (Å²) in [5.74, 6) is -0.724. The summed E-state index contributed by atoms with van der Waals surface area (Å²) in [6.07, 6.45) is 6.08. The lowest BCUT2D eigenvalue weighted by Crippen LogP contribution is -2.55. The smallest absolute Gasteiger partial charge is 0.408 e. The summed E-state index contributed by atoms with van der Waals surface area (Å²) in [4.78, 5) is 42.7. The molecule has 3 amide bonds. The van der Waals surface area contributed by atoms with Crippen molar-refractivity contribution in [2.24, 2.45) is 0 Å². The highest BCUT2D eigenvalue weighted by atomic mass is 16.6. The normalized spacial score (nSPS) is 17.5. The van der Waals surface area contributed by atoms with Crippen LogP contribution in [-0.4, -0.2) is 51.6 Å². The molecule has 39 heavy (non-hydrogen) atoms. The predicted octanol–water partition coefficient (Wildman–Crippen LogP) is 5.01. The molecule has 0 bridgehead atoms. The molecule has 2 unspecified atom stereocenters. The number of phenols is 1. The number of nitrogens with one attached hydrogen (secondary N) is 2. The summed E-state index contributed by atoms with van der Waals surface area (Å²) in [7, 11) is 0. The minimum absolute atomic E-state index is 0.0377. The van der Waals surface area contributed by atoms with Crippen molar-refractivity contribution in [3.05, 3.63) is 65.7 Å². The Bertz CT molecular complexity index is 1140. The average Bonchev–Trinajstić information content (AvgIpc) is 3.72. The third-order valence-corrected chi connectivity index (χ3v) is 7.18. The first kappa shape index (κ1) is 28.5. The monoisotopic (exact) mass is 535 g/mol. The molecule has 8 nitrogen and oxygen atoms in total. The molecule has 2 aliphatic carbocycles. The van der Waals surface area contributed by atoms with Crippen LogP contribution < -0.4 is 10.6 Å². The Balaban J connectivity index is 1.68. The molecule has 4 rings (SSSR count). The van der Waals surface area contributed by atoms with E-state index in [0.717, 1.165) is 50.5 Å². The Morgan fingerprint density at radius 3 is 2.21 bits per heavy atom. The molecule has 0 aliphatic heterocycles. The number of amides is 3. The lowest BCUT2D eigenvalue weighted by atomic mass is 9.94. The summed E-state index contributed by atoms with van der Waals surface area (Å²) in [6, 6.07) is 14.0. The average molecular weight is 536 g/mol. The molecule has 8 heteroatoms. The molecule has 3 N–H and O–H groups in total. The maximum Gasteiger partial charge on any atom is 0.408 e. The Hall–Kier alpha value is -3.55. The van der Waals surface area contributed by atoms with Crippen LogP contribution >= 0.6 is 0 Å². The van der Waals surface area contributed by atoms with Gasteiger partial charge in [0, 0.05) is 24.1 Å². The van der Waals surface area contributed by atoms with E-state index in [4.69, 9.17) is 4.74 Å². The van der Waals surface area contributed by atoms with Gasteiger partial charge in [-0.25, -0.2) is 4.79 Å². The van der Waals surface area contributed by atoms with E-state index in [-0.39, 0.29) is 36.1 Å². The van der Waals surface area contributed by atoms with Crippen LogP contribution in [0, 0.1) is 0 Å². The molecular formula is C31H41N3O5. The van der Waals surface area contributed by atoms with Crippen LogP contribution in [0.4, 0.5) is 4.79 Å². The van der Waals surface area contributed by atoms with E-state index < -0.39 is 23.8 Å². The molecule has 0 saturated heterocycles. The largest absolute Gasteiger partial charge is 0.508 e. The number of ether oxygens (including phenoxy) is 1. The van der Waals surface area contributed by atoms with Gasteiger partial charge in [0.05, 0.1) is 0 Å². The molecule has 0 heterocycles. The quantitative estimate of drug-likeness (QED) is 0.418. The van der Waals surface area contributed by atoms with Gasteiger partial charge in [0.25, 0.3) is 0 Å². The fourth-order valence-electron chi connectivity index (χ4n) is 5.21. The topological polar surface area (TPSA) is 108 Å². The minimum Gasteiger partial charge on any atom is -0.508 e. The lowest BCUT2D eigenvalue weighted by molar-refractivity contribution is -0.143. The van der Waals surface area contributed by atoms with Crippen molar-refractivity contribution in [2.45, 2.75) is 102 Å². The SMILES string of the molecule is CC(C)(C)OC(=O)NC(Cc1ccccc1)C(=O)N(C1CC1)C(C(=O)NC1CCCCC1)c1ccccc1O. The molecule has 0 radical (unpaired) electrons.